The lowest BCUT2D eigenvalue weighted by atomic mass is 9.79. The SMILES string of the molecule is c1ccc2c(c1)-c1ccccc1-c1ccc3c(ccc4ccccc43)c1-c1ccccc1-2. The zero-order chi connectivity index (χ0) is 21.1. The van der Waals surface area contributed by atoms with Crippen molar-refractivity contribution in [3.05, 3.63) is 121 Å². The van der Waals surface area contributed by atoms with Gasteiger partial charge in [0.25, 0.3) is 0 Å². The quantitative estimate of drug-likeness (QED) is 0.221. The van der Waals surface area contributed by atoms with E-state index in [2.05, 4.69) is 121 Å². The van der Waals surface area contributed by atoms with Gasteiger partial charge in [-0.05, 0) is 66.1 Å². The molecule has 148 valence electrons. The van der Waals surface area contributed by atoms with Gasteiger partial charge in [-0.2, -0.15) is 0 Å². The first kappa shape index (κ1) is 17.5. The van der Waals surface area contributed by atoms with Crippen LogP contribution in [0.4, 0.5) is 0 Å². The molecule has 6 aromatic carbocycles. The van der Waals surface area contributed by atoms with Crippen molar-refractivity contribution in [2.75, 3.05) is 0 Å². The Labute approximate surface area is 187 Å². The number of hydrogen-bond donors (Lipinski definition) is 0. The van der Waals surface area contributed by atoms with Gasteiger partial charge in [-0.25, -0.2) is 0 Å². The maximum Gasteiger partial charge on any atom is -0.00201 e. The maximum absolute atomic E-state index is 2.33. The van der Waals surface area contributed by atoms with Crippen LogP contribution in [0.5, 0.6) is 0 Å². The Bertz CT molecular complexity index is 1660. The summed E-state index contributed by atoms with van der Waals surface area (Å²) in [4.78, 5) is 0. The first-order valence-electron chi connectivity index (χ1n) is 11.1. The number of fused-ring (bicyclic) bond motifs is 12. The Kier molecular flexibility index (Phi) is 3.65. The van der Waals surface area contributed by atoms with Crippen molar-refractivity contribution in [3.8, 4) is 44.5 Å². The van der Waals surface area contributed by atoms with Gasteiger partial charge < -0.3 is 0 Å². The standard InChI is InChI=1S/C32H20/c1-2-10-22-21(9-1)17-18-30-28(22)19-20-31-27-15-6-5-13-25(27)23-11-3-4-12-24(23)26-14-7-8-16-29(26)32(30)31/h1-20H. The molecular weight excluding hydrogens is 384 g/mol. The summed E-state index contributed by atoms with van der Waals surface area (Å²) in [5.41, 5.74) is 10.4. The number of hydrogen-bond acceptors (Lipinski definition) is 0. The average molecular weight is 405 g/mol. The molecule has 32 heavy (non-hydrogen) atoms. The van der Waals surface area contributed by atoms with Gasteiger partial charge in [0.1, 0.15) is 0 Å². The maximum atomic E-state index is 2.33. The van der Waals surface area contributed by atoms with Crippen LogP contribution in [0.25, 0.3) is 66.1 Å². The van der Waals surface area contributed by atoms with E-state index in [1.807, 2.05) is 0 Å². The summed E-state index contributed by atoms with van der Waals surface area (Å²) in [5.74, 6) is 0. The highest BCUT2D eigenvalue weighted by Gasteiger charge is 2.23. The minimum Gasteiger partial charge on any atom is -0.0616 e. The molecule has 1 aliphatic carbocycles. The topological polar surface area (TPSA) is 0 Å². The van der Waals surface area contributed by atoms with Gasteiger partial charge in [0.05, 0.1) is 0 Å². The van der Waals surface area contributed by atoms with Gasteiger partial charge in [-0.1, -0.05) is 121 Å². The Balaban J connectivity index is 1.73. The molecule has 0 atom stereocenters. The van der Waals surface area contributed by atoms with Gasteiger partial charge in [-0.3, -0.25) is 0 Å². The molecule has 0 unspecified atom stereocenters. The third-order valence-electron chi connectivity index (χ3n) is 6.85. The van der Waals surface area contributed by atoms with Crippen LogP contribution in [0.1, 0.15) is 0 Å². The summed E-state index contributed by atoms with van der Waals surface area (Å²) in [6.45, 7) is 0. The fraction of sp³-hybridized carbons (Fsp3) is 0. The Hall–Kier alpha value is -4.16. The lowest BCUT2D eigenvalue weighted by Gasteiger charge is -2.24. The lowest BCUT2D eigenvalue weighted by molar-refractivity contribution is 1.54. The molecule has 0 spiro atoms. The Morgan fingerprint density at radius 3 is 1.38 bits per heavy atom. The molecule has 0 N–H and O–H groups in total. The highest BCUT2D eigenvalue weighted by molar-refractivity contribution is 6.17. The van der Waals surface area contributed by atoms with Crippen molar-refractivity contribution in [1.29, 1.82) is 0 Å². The molecule has 0 aliphatic heterocycles. The van der Waals surface area contributed by atoms with E-state index in [0.29, 0.717) is 0 Å². The number of rotatable bonds is 0. The molecule has 0 fully saturated rings. The first-order chi connectivity index (χ1) is 15.9. The van der Waals surface area contributed by atoms with Crippen molar-refractivity contribution in [2.45, 2.75) is 0 Å². The van der Waals surface area contributed by atoms with Crippen LogP contribution in [-0.2, 0) is 0 Å². The normalized spacial score (nSPS) is 11.8. The summed E-state index contributed by atoms with van der Waals surface area (Å²) in [5, 5.41) is 5.21. The molecule has 6 aromatic rings. The third-order valence-corrected chi connectivity index (χ3v) is 6.85. The lowest BCUT2D eigenvalue weighted by Crippen LogP contribution is -1.97. The minimum atomic E-state index is 1.28. The zero-order valence-electron chi connectivity index (χ0n) is 17.5. The van der Waals surface area contributed by atoms with Crippen LogP contribution in [0, 0.1) is 0 Å². The van der Waals surface area contributed by atoms with E-state index in [1.165, 1.54) is 66.1 Å². The van der Waals surface area contributed by atoms with E-state index in [-0.39, 0.29) is 0 Å². The van der Waals surface area contributed by atoms with Crippen LogP contribution >= 0.6 is 0 Å². The highest BCUT2D eigenvalue weighted by atomic mass is 14.3. The molecule has 0 saturated heterocycles. The largest absolute Gasteiger partial charge is 0.0616 e. The summed E-state index contributed by atoms with van der Waals surface area (Å²) in [6.07, 6.45) is 0. The summed E-state index contributed by atoms with van der Waals surface area (Å²) in [6, 6.07) is 44.4. The smallest absolute Gasteiger partial charge is 0.00201 e. The van der Waals surface area contributed by atoms with Crippen LogP contribution in [0.2, 0.25) is 0 Å². The molecule has 0 saturated carbocycles. The van der Waals surface area contributed by atoms with Crippen LogP contribution < -0.4 is 0 Å². The van der Waals surface area contributed by atoms with Crippen LogP contribution in [-0.4, -0.2) is 0 Å². The second-order valence-corrected chi connectivity index (χ2v) is 8.51. The van der Waals surface area contributed by atoms with Crippen molar-refractivity contribution >= 4 is 21.5 Å². The second-order valence-electron chi connectivity index (χ2n) is 8.51. The molecule has 0 heteroatoms. The van der Waals surface area contributed by atoms with E-state index < -0.39 is 0 Å². The first-order valence-corrected chi connectivity index (χ1v) is 11.1. The van der Waals surface area contributed by atoms with Gasteiger partial charge in [0.2, 0.25) is 0 Å². The molecule has 1 aliphatic rings. The van der Waals surface area contributed by atoms with Crippen molar-refractivity contribution in [3.63, 3.8) is 0 Å². The van der Waals surface area contributed by atoms with E-state index in [1.54, 1.807) is 0 Å². The Morgan fingerprint density at radius 2 is 0.719 bits per heavy atom. The molecule has 0 bridgehead atoms. The Morgan fingerprint density at radius 1 is 0.250 bits per heavy atom. The predicted octanol–water partition coefficient (Wildman–Crippen LogP) is 8.97. The molecule has 0 radical (unpaired) electrons. The van der Waals surface area contributed by atoms with Crippen LogP contribution in [0.3, 0.4) is 0 Å². The summed E-state index contributed by atoms with van der Waals surface area (Å²) in [7, 11) is 0. The fourth-order valence-electron chi connectivity index (χ4n) is 5.44. The molecular formula is C32H20. The minimum absolute atomic E-state index is 1.28. The van der Waals surface area contributed by atoms with E-state index in [4.69, 9.17) is 0 Å². The molecule has 0 aromatic heterocycles. The summed E-state index contributed by atoms with van der Waals surface area (Å²) >= 11 is 0. The van der Waals surface area contributed by atoms with Crippen molar-refractivity contribution < 1.29 is 0 Å². The van der Waals surface area contributed by atoms with Crippen molar-refractivity contribution in [2.24, 2.45) is 0 Å². The highest BCUT2D eigenvalue weighted by Crippen LogP contribution is 2.50. The second kappa shape index (κ2) is 6.67. The molecule has 7 rings (SSSR count). The average Bonchev–Trinajstić information content (AvgIpc) is 2.87. The molecule has 0 nitrogen and oxygen atoms in total. The predicted molar refractivity (Wildman–Crippen MR) is 137 cm³/mol. The number of benzene rings is 6. The van der Waals surface area contributed by atoms with E-state index in [0.717, 1.165) is 0 Å². The monoisotopic (exact) mass is 404 g/mol. The van der Waals surface area contributed by atoms with Gasteiger partial charge in [0, 0.05) is 0 Å². The van der Waals surface area contributed by atoms with Crippen LogP contribution in [0.15, 0.2) is 121 Å². The van der Waals surface area contributed by atoms with E-state index >= 15 is 0 Å². The van der Waals surface area contributed by atoms with Gasteiger partial charge in [-0.15, -0.1) is 0 Å². The van der Waals surface area contributed by atoms with E-state index in [9.17, 15) is 0 Å². The zero-order valence-corrected chi connectivity index (χ0v) is 17.5. The molecule has 0 amide bonds. The molecule has 0 heterocycles. The van der Waals surface area contributed by atoms with Gasteiger partial charge >= 0.3 is 0 Å². The van der Waals surface area contributed by atoms with Gasteiger partial charge in [0.15, 0.2) is 0 Å². The fourth-order valence-corrected chi connectivity index (χ4v) is 5.44. The third kappa shape index (κ3) is 2.38. The van der Waals surface area contributed by atoms with Crippen molar-refractivity contribution in [1.82, 2.24) is 0 Å². The summed E-state index contributed by atoms with van der Waals surface area (Å²) < 4.78 is 0.